The van der Waals surface area contributed by atoms with E-state index in [1.807, 2.05) is 11.8 Å². The van der Waals surface area contributed by atoms with Gasteiger partial charge in [-0.1, -0.05) is 18.7 Å². The number of hydrogen-bond donors (Lipinski definition) is 1. The van der Waals surface area contributed by atoms with Gasteiger partial charge in [0.1, 0.15) is 0 Å². The smallest absolute Gasteiger partial charge is 0.213 e. The number of halogens is 1. The maximum atomic E-state index is 6.36. The van der Waals surface area contributed by atoms with Crippen molar-refractivity contribution in [1.29, 1.82) is 0 Å². The van der Waals surface area contributed by atoms with Crippen molar-refractivity contribution in [3.8, 4) is 0 Å². The first-order chi connectivity index (χ1) is 7.22. The Bertz CT molecular complexity index is 254. The molecule has 92 valence electrons. The van der Waals surface area contributed by atoms with Crippen molar-refractivity contribution in [2.45, 2.75) is 45.4 Å². The third-order valence-corrected chi connectivity index (χ3v) is 5.89. The molecule has 3 heteroatoms. The van der Waals surface area contributed by atoms with E-state index in [-0.39, 0.29) is 12.4 Å². The number of thioether (sulfide) groups is 1. The highest BCUT2D eigenvalue weighted by Crippen LogP contribution is 2.60. The third-order valence-electron chi connectivity index (χ3n) is 4.86. The van der Waals surface area contributed by atoms with Gasteiger partial charge in [0.05, 0.1) is 5.41 Å². The van der Waals surface area contributed by atoms with Crippen LogP contribution in [0.5, 0.6) is 0 Å². The predicted molar refractivity (Wildman–Crippen MR) is 65.7 cm³/mol. The Morgan fingerprint density at radius 3 is 1.94 bits per heavy atom. The van der Waals surface area contributed by atoms with E-state index in [0.29, 0.717) is 5.41 Å². The average Bonchev–Trinajstić information content (AvgIpc) is 2.15. The molecule has 0 aliphatic heterocycles. The van der Waals surface area contributed by atoms with Crippen LogP contribution < -0.4 is 17.8 Å². The summed E-state index contributed by atoms with van der Waals surface area (Å²) < 4.78 is 0. The lowest BCUT2D eigenvalue weighted by Gasteiger charge is -2.55. The molecule has 0 saturated heterocycles. The zero-order chi connectivity index (χ0) is 10.5. The number of nitrogens with two attached hydrogens (primary N) is 1. The zero-order valence-electron chi connectivity index (χ0n) is 10.0. The van der Waals surface area contributed by atoms with Gasteiger partial charge >= 0.3 is 0 Å². The van der Waals surface area contributed by atoms with E-state index in [1.165, 1.54) is 43.6 Å². The van der Waals surface area contributed by atoms with E-state index < -0.39 is 0 Å². The number of rotatable bonds is 2. The minimum absolute atomic E-state index is 0. The summed E-state index contributed by atoms with van der Waals surface area (Å²) in [7, 11) is 0. The topological polar surface area (TPSA) is 25.6 Å². The quantitative estimate of drug-likeness (QED) is 0.506. The first kappa shape index (κ1) is 12.8. The average molecular weight is 260 g/mol. The molecule has 0 aromatic carbocycles. The molecule has 1 nitrogen and oxygen atoms in total. The van der Waals surface area contributed by atoms with Crippen LogP contribution in [0.2, 0.25) is 0 Å². The lowest BCUT2D eigenvalue weighted by Crippen LogP contribution is -3.00. The molecule has 0 aromatic rings. The molecule has 2 N–H and O–H groups in total. The summed E-state index contributed by atoms with van der Waals surface area (Å²) in [6.45, 7) is 2.22. The van der Waals surface area contributed by atoms with Crippen LogP contribution in [0.4, 0.5) is 0 Å². The molecule has 16 heavy (non-hydrogen) atoms. The second kappa shape index (κ2) is 4.53. The molecular formula is C13H22ClNS. The van der Waals surface area contributed by atoms with Gasteiger partial charge in [0.25, 0.3) is 0 Å². The van der Waals surface area contributed by atoms with Crippen molar-refractivity contribution in [2.24, 2.45) is 23.2 Å². The Morgan fingerprint density at radius 1 is 1.12 bits per heavy atom. The molecule has 0 atom stereocenters. The third kappa shape index (κ3) is 1.92. The van der Waals surface area contributed by atoms with Gasteiger partial charge in [-0.3, -0.25) is 5.41 Å². The van der Waals surface area contributed by atoms with Crippen LogP contribution in [0.25, 0.3) is 0 Å². The van der Waals surface area contributed by atoms with E-state index >= 15 is 0 Å². The molecule has 4 rings (SSSR count). The SMILES string of the molecule is CCSC(=[NH2+])C12CC3CC(CC(C3)C1)C2.[Cl-]. The van der Waals surface area contributed by atoms with Crippen LogP contribution in [0.15, 0.2) is 0 Å². The second-order valence-electron chi connectivity index (χ2n) is 6.00. The second-order valence-corrected chi connectivity index (χ2v) is 7.30. The summed E-state index contributed by atoms with van der Waals surface area (Å²) in [6.07, 6.45) is 8.80. The molecular weight excluding hydrogens is 238 g/mol. The Balaban J connectivity index is 0.000000963. The van der Waals surface area contributed by atoms with Crippen molar-refractivity contribution in [3.63, 3.8) is 0 Å². The van der Waals surface area contributed by atoms with E-state index in [1.54, 1.807) is 0 Å². The Hall–Kier alpha value is 0.310. The minimum Gasteiger partial charge on any atom is -1.00 e. The van der Waals surface area contributed by atoms with Gasteiger partial charge in [-0.2, -0.15) is 0 Å². The van der Waals surface area contributed by atoms with Crippen LogP contribution in [0.1, 0.15) is 45.4 Å². The van der Waals surface area contributed by atoms with Crippen molar-refractivity contribution in [1.82, 2.24) is 0 Å². The van der Waals surface area contributed by atoms with Gasteiger partial charge in [-0.05, 0) is 56.3 Å². The Morgan fingerprint density at radius 2 is 1.56 bits per heavy atom. The lowest BCUT2D eigenvalue weighted by atomic mass is 9.50. The standard InChI is InChI=1S/C13H21NS.ClH/c1-2-15-12(14)13-6-9-3-10(7-13)5-11(4-9)8-13;/h9-11,14H,2-8H2,1H3;1H. The zero-order valence-corrected chi connectivity index (χ0v) is 11.6. The summed E-state index contributed by atoms with van der Waals surface area (Å²) in [5, 5.41) is 7.64. The Kier molecular flexibility index (Phi) is 3.61. The highest BCUT2D eigenvalue weighted by molar-refractivity contribution is 8.13. The summed E-state index contributed by atoms with van der Waals surface area (Å²) in [6, 6.07) is 0. The molecule has 4 saturated carbocycles. The molecule has 0 amide bonds. The lowest BCUT2D eigenvalue weighted by molar-refractivity contribution is -0.134. The molecule has 0 heterocycles. The van der Waals surface area contributed by atoms with E-state index in [9.17, 15) is 0 Å². The normalized spacial score (nSPS) is 44.2. The van der Waals surface area contributed by atoms with Gasteiger partial charge in [0.2, 0.25) is 5.04 Å². The summed E-state index contributed by atoms with van der Waals surface area (Å²) in [5.74, 6) is 4.21. The highest BCUT2D eigenvalue weighted by atomic mass is 35.5. The largest absolute Gasteiger partial charge is 1.00 e. The van der Waals surface area contributed by atoms with Gasteiger partial charge in [-0.15, -0.1) is 0 Å². The van der Waals surface area contributed by atoms with E-state index in [2.05, 4.69) is 6.92 Å². The van der Waals surface area contributed by atoms with Gasteiger partial charge in [0.15, 0.2) is 0 Å². The summed E-state index contributed by atoms with van der Waals surface area (Å²) >= 11 is 1.91. The molecule has 0 aromatic heterocycles. The predicted octanol–water partition coefficient (Wildman–Crippen LogP) is -0.882. The first-order valence-electron chi connectivity index (χ1n) is 6.47. The molecule has 4 aliphatic carbocycles. The van der Waals surface area contributed by atoms with Crippen molar-refractivity contribution >= 4 is 16.8 Å². The highest BCUT2D eigenvalue weighted by Gasteiger charge is 2.54. The summed E-state index contributed by atoms with van der Waals surface area (Å²) in [4.78, 5) is 0. The molecule has 4 fully saturated rings. The van der Waals surface area contributed by atoms with Gasteiger partial charge in [0, 0.05) is 5.75 Å². The van der Waals surface area contributed by atoms with Crippen LogP contribution >= 0.6 is 11.8 Å². The van der Waals surface area contributed by atoms with Crippen molar-refractivity contribution in [2.75, 3.05) is 5.75 Å². The maximum absolute atomic E-state index is 6.36. The van der Waals surface area contributed by atoms with Gasteiger partial charge in [-0.25, -0.2) is 0 Å². The maximum Gasteiger partial charge on any atom is 0.213 e. The molecule has 0 radical (unpaired) electrons. The fourth-order valence-corrected chi connectivity index (χ4v) is 5.59. The molecule has 0 spiro atoms. The summed E-state index contributed by atoms with van der Waals surface area (Å²) in [5.41, 5.74) is 0.468. The minimum atomic E-state index is 0. The molecule has 0 unspecified atom stereocenters. The Labute approximate surface area is 109 Å². The first-order valence-corrected chi connectivity index (χ1v) is 7.46. The molecule has 4 aliphatic rings. The van der Waals surface area contributed by atoms with Crippen LogP contribution in [0, 0.1) is 23.2 Å². The fraction of sp³-hybridized carbons (Fsp3) is 0.923. The number of hydrogen-bond acceptors (Lipinski definition) is 1. The molecule has 4 bridgehead atoms. The van der Waals surface area contributed by atoms with Crippen LogP contribution in [0.3, 0.4) is 0 Å². The van der Waals surface area contributed by atoms with Crippen LogP contribution in [-0.4, -0.2) is 10.8 Å². The van der Waals surface area contributed by atoms with Gasteiger partial charge < -0.3 is 12.4 Å². The fourth-order valence-electron chi connectivity index (χ4n) is 4.72. The van der Waals surface area contributed by atoms with E-state index in [4.69, 9.17) is 5.41 Å². The van der Waals surface area contributed by atoms with Crippen molar-refractivity contribution < 1.29 is 17.8 Å². The van der Waals surface area contributed by atoms with Crippen molar-refractivity contribution in [3.05, 3.63) is 0 Å². The van der Waals surface area contributed by atoms with E-state index in [0.717, 1.165) is 23.5 Å². The van der Waals surface area contributed by atoms with Crippen LogP contribution in [-0.2, 0) is 0 Å². The monoisotopic (exact) mass is 259 g/mol.